The highest BCUT2D eigenvalue weighted by molar-refractivity contribution is 9.10. The maximum atomic E-state index is 11.0. The van der Waals surface area contributed by atoms with Crippen LogP contribution in [0.3, 0.4) is 0 Å². The normalized spacial score (nSPS) is 10.7. The largest absolute Gasteiger partial charge is 0.347 e. The summed E-state index contributed by atoms with van der Waals surface area (Å²) in [5, 5.41) is 1.20. The Morgan fingerprint density at radius 2 is 2.24 bits per heavy atom. The number of halogens is 1. The molecule has 0 aliphatic rings. The quantitative estimate of drug-likeness (QED) is 0.516. The fraction of sp³-hybridized carbons (Fsp3) is 0.250. The van der Waals surface area contributed by atoms with Gasteiger partial charge in [0.1, 0.15) is 0 Å². The van der Waals surface area contributed by atoms with Gasteiger partial charge in [-0.3, -0.25) is 10.2 Å². The van der Waals surface area contributed by atoms with Crippen molar-refractivity contribution in [2.75, 3.05) is 0 Å². The minimum Gasteiger partial charge on any atom is -0.347 e. The van der Waals surface area contributed by atoms with Crippen LogP contribution in [-0.2, 0) is 11.3 Å². The van der Waals surface area contributed by atoms with Gasteiger partial charge in [0.25, 0.3) is 0 Å². The highest BCUT2D eigenvalue weighted by Gasteiger charge is 2.03. The molecular formula is C12H14BrN3O. The molecule has 3 N–H and O–H groups in total. The van der Waals surface area contributed by atoms with Gasteiger partial charge in [-0.2, -0.15) is 0 Å². The van der Waals surface area contributed by atoms with Crippen molar-refractivity contribution in [2.24, 2.45) is 5.84 Å². The lowest BCUT2D eigenvalue weighted by Gasteiger charge is -2.05. The molecule has 4 nitrogen and oxygen atoms in total. The van der Waals surface area contributed by atoms with Crippen molar-refractivity contribution in [1.82, 2.24) is 9.99 Å². The molecule has 2 aromatic rings. The number of fused-ring (bicyclic) bond motifs is 1. The third-order valence-corrected chi connectivity index (χ3v) is 3.19. The third kappa shape index (κ3) is 2.87. The lowest BCUT2D eigenvalue weighted by atomic mass is 10.2. The predicted molar refractivity (Wildman–Crippen MR) is 71.2 cm³/mol. The first-order valence-electron chi connectivity index (χ1n) is 5.44. The second-order valence-corrected chi connectivity index (χ2v) is 4.80. The monoisotopic (exact) mass is 295 g/mol. The van der Waals surface area contributed by atoms with Crippen LogP contribution in [0, 0.1) is 0 Å². The van der Waals surface area contributed by atoms with Crippen molar-refractivity contribution in [2.45, 2.75) is 19.4 Å². The number of hydrogen-bond donors (Lipinski definition) is 2. The van der Waals surface area contributed by atoms with Crippen molar-refractivity contribution in [3.05, 3.63) is 34.9 Å². The zero-order chi connectivity index (χ0) is 12.3. The van der Waals surface area contributed by atoms with Gasteiger partial charge in [-0.15, -0.1) is 0 Å². The van der Waals surface area contributed by atoms with Gasteiger partial charge in [-0.1, -0.05) is 15.9 Å². The van der Waals surface area contributed by atoms with Crippen LogP contribution >= 0.6 is 15.9 Å². The van der Waals surface area contributed by atoms with E-state index in [4.69, 9.17) is 5.84 Å². The zero-order valence-electron chi connectivity index (χ0n) is 9.32. The van der Waals surface area contributed by atoms with E-state index in [1.165, 1.54) is 10.9 Å². The van der Waals surface area contributed by atoms with E-state index >= 15 is 0 Å². The van der Waals surface area contributed by atoms with Crippen molar-refractivity contribution in [3.63, 3.8) is 0 Å². The summed E-state index contributed by atoms with van der Waals surface area (Å²) in [6.07, 6.45) is 3.27. The minimum absolute atomic E-state index is 0.121. The topological polar surface area (TPSA) is 60.0 Å². The van der Waals surface area contributed by atoms with E-state index in [0.29, 0.717) is 6.42 Å². The van der Waals surface area contributed by atoms with Crippen molar-refractivity contribution < 1.29 is 4.79 Å². The molecule has 0 atom stereocenters. The van der Waals surface area contributed by atoms with Crippen LogP contribution in [0.25, 0.3) is 10.9 Å². The Morgan fingerprint density at radius 1 is 1.41 bits per heavy atom. The lowest BCUT2D eigenvalue weighted by Crippen LogP contribution is -2.29. The predicted octanol–water partition coefficient (Wildman–Crippen LogP) is 2.17. The van der Waals surface area contributed by atoms with Gasteiger partial charge in [0.15, 0.2) is 0 Å². The molecule has 1 aromatic heterocycles. The number of nitrogens with two attached hydrogens (primary N) is 1. The molecule has 1 aromatic carbocycles. The standard InChI is InChI=1S/C12H14BrN3O/c13-10-3-4-11-9(8-10)5-7-16(11)6-1-2-12(17)15-14/h3-5,7-8H,1-2,6,14H2,(H,15,17). The molecule has 0 aliphatic carbocycles. The van der Waals surface area contributed by atoms with E-state index in [-0.39, 0.29) is 5.91 Å². The minimum atomic E-state index is -0.121. The van der Waals surface area contributed by atoms with Crippen molar-refractivity contribution in [1.29, 1.82) is 0 Å². The van der Waals surface area contributed by atoms with E-state index in [2.05, 4.69) is 44.1 Å². The number of carbonyl (C=O) groups excluding carboxylic acids is 1. The summed E-state index contributed by atoms with van der Waals surface area (Å²) in [5.41, 5.74) is 3.32. The van der Waals surface area contributed by atoms with E-state index in [9.17, 15) is 4.79 Å². The second kappa shape index (κ2) is 5.33. The number of carbonyl (C=O) groups is 1. The first-order valence-corrected chi connectivity index (χ1v) is 6.24. The molecule has 90 valence electrons. The number of nitrogens with one attached hydrogen (secondary N) is 1. The maximum absolute atomic E-state index is 11.0. The van der Waals surface area contributed by atoms with Crippen molar-refractivity contribution >= 4 is 32.7 Å². The summed E-state index contributed by atoms with van der Waals surface area (Å²) in [5.74, 6) is 4.91. The second-order valence-electron chi connectivity index (χ2n) is 3.88. The van der Waals surface area contributed by atoms with Gasteiger partial charge >= 0.3 is 0 Å². The molecule has 2 rings (SSSR count). The first-order chi connectivity index (χ1) is 8.20. The zero-order valence-corrected chi connectivity index (χ0v) is 10.9. The summed E-state index contributed by atoms with van der Waals surface area (Å²) >= 11 is 3.45. The summed E-state index contributed by atoms with van der Waals surface area (Å²) in [7, 11) is 0. The van der Waals surface area contributed by atoms with Crippen LogP contribution in [0.15, 0.2) is 34.9 Å². The Bertz CT molecular complexity index is 536. The smallest absolute Gasteiger partial charge is 0.233 e. The van der Waals surface area contributed by atoms with Gasteiger partial charge in [0.05, 0.1) is 0 Å². The fourth-order valence-electron chi connectivity index (χ4n) is 1.85. The van der Waals surface area contributed by atoms with Gasteiger partial charge in [-0.05, 0) is 30.7 Å². The van der Waals surface area contributed by atoms with Crippen LogP contribution in [0.5, 0.6) is 0 Å². The lowest BCUT2D eigenvalue weighted by molar-refractivity contribution is -0.121. The SMILES string of the molecule is NNC(=O)CCCn1ccc2cc(Br)ccc21. The average Bonchev–Trinajstić information content (AvgIpc) is 2.71. The Labute approximate surface area is 108 Å². The van der Waals surface area contributed by atoms with Gasteiger partial charge in [0, 0.05) is 34.5 Å². The average molecular weight is 296 g/mol. The molecule has 0 radical (unpaired) electrons. The van der Waals surface area contributed by atoms with Crippen molar-refractivity contribution in [3.8, 4) is 0 Å². The summed E-state index contributed by atoms with van der Waals surface area (Å²) in [6, 6.07) is 8.25. The van der Waals surface area contributed by atoms with Gasteiger partial charge in [-0.25, -0.2) is 5.84 Å². The molecular weight excluding hydrogens is 282 g/mol. The molecule has 1 heterocycles. The highest BCUT2D eigenvalue weighted by Crippen LogP contribution is 2.21. The fourth-order valence-corrected chi connectivity index (χ4v) is 2.23. The number of hydrogen-bond acceptors (Lipinski definition) is 2. The molecule has 5 heteroatoms. The number of aromatic nitrogens is 1. The van der Waals surface area contributed by atoms with E-state index in [0.717, 1.165) is 17.4 Å². The number of benzene rings is 1. The number of rotatable bonds is 4. The molecule has 0 spiro atoms. The van der Waals surface area contributed by atoms with Crippen LogP contribution < -0.4 is 11.3 Å². The summed E-state index contributed by atoms with van der Waals surface area (Å²) in [4.78, 5) is 11.0. The molecule has 17 heavy (non-hydrogen) atoms. The molecule has 0 saturated carbocycles. The van der Waals surface area contributed by atoms with E-state index in [1.807, 2.05) is 12.3 Å². The molecule has 0 fully saturated rings. The number of aryl methyl sites for hydroxylation is 1. The summed E-state index contributed by atoms with van der Waals surface area (Å²) < 4.78 is 3.22. The maximum Gasteiger partial charge on any atom is 0.233 e. The highest BCUT2D eigenvalue weighted by atomic mass is 79.9. The Hall–Kier alpha value is -1.33. The van der Waals surface area contributed by atoms with Crippen LogP contribution in [0.1, 0.15) is 12.8 Å². The molecule has 0 aliphatic heterocycles. The Morgan fingerprint density at radius 3 is 3.00 bits per heavy atom. The molecule has 0 saturated heterocycles. The van der Waals surface area contributed by atoms with E-state index < -0.39 is 0 Å². The number of amides is 1. The van der Waals surface area contributed by atoms with Crippen LogP contribution in [0.4, 0.5) is 0 Å². The molecule has 1 amide bonds. The van der Waals surface area contributed by atoms with Crippen LogP contribution in [-0.4, -0.2) is 10.5 Å². The summed E-state index contributed by atoms with van der Waals surface area (Å²) in [6.45, 7) is 0.818. The Balaban J connectivity index is 2.06. The van der Waals surface area contributed by atoms with Gasteiger partial charge < -0.3 is 4.57 Å². The molecule has 0 bridgehead atoms. The number of nitrogens with zero attached hydrogens (tertiary/aromatic N) is 1. The van der Waals surface area contributed by atoms with Gasteiger partial charge in [0.2, 0.25) is 5.91 Å². The molecule has 0 unspecified atom stereocenters. The number of hydrazine groups is 1. The Kier molecular flexibility index (Phi) is 3.81. The third-order valence-electron chi connectivity index (χ3n) is 2.70. The van der Waals surface area contributed by atoms with Crippen LogP contribution in [0.2, 0.25) is 0 Å². The first kappa shape index (κ1) is 12.1. The van der Waals surface area contributed by atoms with E-state index in [1.54, 1.807) is 0 Å².